The number of hydrogen-bond acceptors (Lipinski definition) is 0. The van der Waals surface area contributed by atoms with Crippen molar-refractivity contribution in [3.63, 3.8) is 0 Å². The van der Waals surface area contributed by atoms with E-state index >= 15 is 0 Å². The third-order valence-electron chi connectivity index (χ3n) is 1.77. The van der Waals surface area contributed by atoms with Gasteiger partial charge in [0.05, 0.1) is 0 Å². The molecule has 1 aromatic rings. The van der Waals surface area contributed by atoms with Crippen LogP contribution >= 0.6 is 15.9 Å². The van der Waals surface area contributed by atoms with Crippen LogP contribution in [-0.4, -0.2) is 6.98 Å². The summed E-state index contributed by atoms with van der Waals surface area (Å²) in [5.74, 6) is -0.270. The summed E-state index contributed by atoms with van der Waals surface area (Å²) in [6.45, 7) is -3.46. The Balaban J connectivity index is 3.06. The van der Waals surface area contributed by atoms with Gasteiger partial charge in [-0.3, -0.25) is 0 Å². The first-order valence-electron chi connectivity index (χ1n) is 4.14. The molecule has 0 saturated heterocycles. The SMILES string of the molecule is Cc1cc(/C=C/[B-](F)(F)F)c(Br)cc1F. The van der Waals surface area contributed by atoms with E-state index in [9.17, 15) is 17.3 Å². The molecule has 0 spiro atoms. The minimum atomic E-state index is -4.96. The third-order valence-corrected chi connectivity index (χ3v) is 2.46. The van der Waals surface area contributed by atoms with Gasteiger partial charge < -0.3 is 12.9 Å². The number of hydrogen-bond donors (Lipinski definition) is 0. The van der Waals surface area contributed by atoms with Crippen molar-refractivity contribution in [1.82, 2.24) is 0 Å². The average Bonchev–Trinajstić information content (AvgIpc) is 2.07. The van der Waals surface area contributed by atoms with Crippen LogP contribution in [0, 0.1) is 12.7 Å². The number of benzene rings is 1. The summed E-state index contributed by atoms with van der Waals surface area (Å²) in [7, 11) is 0. The Hall–Kier alpha value is -0.775. The molecule has 0 aliphatic carbocycles. The Labute approximate surface area is 93.2 Å². The lowest BCUT2D eigenvalue weighted by molar-refractivity contribution is 0.499. The van der Waals surface area contributed by atoms with Crippen LogP contribution in [-0.2, 0) is 0 Å². The molecule has 0 fully saturated rings. The molecular formula is C9H7BBrF4-. The molecule has 0 aliphatic rings. The molecule has 0 bridgehead atoms. The lowest BCUT2D eigenvalue weighted by Crippen LogP contribution is -2.09. The predicted molar refractivity (Wildman–Crippen MR) is 56.9 cm³/mol. The Bertz CT molecular complexity index is 398. The lowest BCUT2D eigenvalue weighted by Gasteiger charge is -2.08. The first-order valence-corrected chi connectivity index (χ1v) is 4.94. The van der Waals surface area contributed by atoms with Crippen molar-refractivity contribution in [2.75, 3.05) is 0 Å². The van der Waals surface area contributed by atoms with Crippen molar-refractivity contribution in [2.24, 2.45) is 0 Å². The zero-order valence-corrected chi connectivity index (χ0v) is 9.36. The molecule has 0 aromatic heterocycles. The van der Waals surface area contributed by atoms with Gasteiger partial charge in [0.2, 0.25) is 0 Å². The van der Waals surface area contributed by atoms with Gasteiger partial charge in [-0.05, 0) is 30.2 Å². The molecule has 0 N–H and O–H groups in total. The Kier molecular flexibility index (Phi) is 3.60. The van der Waals surface area contributed by atoms with E-state index in [1.807, 2.05) is 0 Å². The Morgan fingerprint density at radius 1 is 1.27 bits per heavy atom. The fourth-order valence-electron chi connectivity index (χ4n) is 1.02. The number of halogens is 5. The number of rotatable bonds is 2. The quantitative estimate of drug-likeness (QED) is 0.560. The maximum absolute atomic E-state index is 13.0. The molecule has 0 atom stereocenters. The minimum Gasteiger partial charge on any atom is -0.445 e. The molecule has 0 radical (unpaired) electrons. The largest absolute Gasteiger partial charge is 0.502 e. The lowest BCUT2D eigenvalue weighted by atomic mass is 9.90. The molecule has 82 valence electrons. The van der Waals surface area contributed by atoms with E-state index in [0.29, 0.717) is 15.6 Å². The summed E-state index contributed by atoms with van der Waals surface area (Å²) < 4.78 is 49.1. The predicted octanol–water partition coefficient (Wildman–Crippen LogP) is 4.30. The number of aryl methyl sites for hydroxylation is 1. The molecule has 0 amide bonds. The molecule has 1 aromatic carbocycles. The van der Waals surface area contributed by atoms with Crippen molar-refractivity contribution in [2.45, 2.75) is 6.92 Å². The van der Waals surface area contributed by atoms with Gasteiger partial charge in [0.25, 0.3) is 0 Å². The van der Waals surface area contributed by atoms with E-state index < -0.39 is 12.8 Å². The van der Waals surface area contributed by atoms with Crippen LogP contribution in [0.25, 0.3) is 6.08 Å². The van der Waals surface area contributed by atoms with Crippen LogP contribution < -0.4 is 0 Å². The van der Waals surface area contributed by atoms with Gasteiger partial charge in [-0.1, -0.05) is 22.0 Å². The average molecular weight is 282 g/mol. The van der Waals surface area contributed by atoms with Gasteiger partial charge in [-0.25, -0.2) is 4.39 Å². The van der Waals surface area contributed by atoms with Crippen molar-refractivity contribution < 1.29 is 17.3 Å². The van der Waals surface area contributed by atoms with Crippen molar-refractivity contribution in [3.8, 4) is 0 Å². The Morgan fingerprint density at radius 2 is 1.87 bits per heavy atom. The van der Waals surface area contributed by atoms with E-state index in [1.165, 1.54) is 13.0 Å². The second-order valence-electron chi connectivity index (χ2n) is 3.11. The summed E-state index contributed by atoms with van der Waals surface area (Å²) in [6.07, 6.45) is 0.927. The summed E-state index contributed by atoms with van der Waals surface area (Å²) in [5.41, 5.74) is 0.626. The van der Waals surface area contributed by atoms with Gasteiger partial charge in [0.1, 0.15) is 5.82 Å². The molecule has 6 heteroatoms. The van der Waals surface area contributed by atoms with Gasteiger partial charge in [-0.2, -0.15) is 0 Å². The smallest absolute Gasteiger partial charge is 0.445 e. The van der Waals surface area contributed by atoms with Crippen LogP contribution in [0.1, 0.15) is 11.1 Å². The minimum absolute atomic E-state index is 0.178. The highest BCUT2D eigenvalue weighted by atomic mass is 79.9. The van der Waals surface area contributed by atoms with Crippen molar-refractivity contribution in [3.05, 3.63) is 39.5 Å². The summed E-state index contributed by atoms with van der Waals surface area (Å²) in [4.78, 5) is 0. The van der Waals surface area contributed by atoms with E-state index in [-0.39, 0.29) is 5.98 Å². The first kappa shape index (κ1) is 12.3. The van der Waals surface area contributed by atoms with E-state index in [4.69, 9.17) is 0 Å². The van der Waals surface area contributed by atoms with E-state index in [0.717, 1.165) is 12.1 Å². The van der Waals surface area contributed by atoms with Gasteiger partial charge in [0, 0.05) is 4.47 Å². The second-order valence-corrected chi connectivity index (χ2v) is 3.96. The fraction of sp³-hybridized carbons (Fsp3) is 0.111. The topological polar surface area (TPSA) is 0 Å². The van der Waals surface area contributed by atoms with Gasteiger partial charge >= 0.3 is 6.98 Å². The van der Waals surface area contributed by atoms with Crippen molar-refractivity contribution >= 4 is 29.0 Å². The van der Waals surface area contributed by atoms with E-state index in [1.54, 1.807) is 0 Å². The zero-order chi connectivity index (χ0) is 11.6. The molecule has 0 saturated carbocycles. The van der Waals surface area contributed by atoms with Crippen molar-refractivity contribution in [1.29, 1.82) is 0 Å². The zero-order valence-electron chi connectivity index (χ0n) is 7.78. The molecule has 0 nitrogen and oxygen atoms in total. The van der Waals surface area contributed by atoms with Crippen LogP contribution in [0.5, 0.6) is 0 Å². The van der Waals surface area contributed by atoms with Crippen LogP contribution in [0.3, 0.4) is 0 Å². The highest BCUT2D eigenvalue weighted by molar-refractivity contribution is 9.10. The van der Waals surface area contributed by atoms with Crippen LogP contribution in [0.15, 0.2) is 22.6 Å². The fourth-order valence-corrected chi connectivity index (χ4v) is 1.47. The maximum atomic E-state index is 13.0. The standard InChI is InChI=1S/C9H7BBrF4/c1-6-4-7(2-3-10(13,14)15)8(11)5-9(6)12/h2-5H,1H3/q-1/b3-2+. The normalized spacial score (nSPS) is 12.4. The molecule has 0 aliphatic heterocycles. The monoisotopic (exact) mass is 281 g/mol. The summed E-state index contributed by atoms with van der Waals surface area (Å²) >= 11 is 3.00. The summed E-state index contributed by atoms with van der Waals surface area (Å²) in [5, 5.41) is 0. The first-order chi connectivity index (χ1) is 6.79. The Morgan fingerprint density at radius 3 is 2.40 bits per heavy atom. The van der Waals surface area contributed by atoms with Gasteiger partial charge in [0.15, 0.2) is 0 Å². The molecule has 15 heavy (non-hydrogen) atoms. The van der Waals surface area contributed by atoms with Crippen LogP contribution in [0.2, 0.25) is 0 Å². The third kappa shape index (κ3) is 3.70. The summed E-state index contributed by atoms with van der Waals surface area (Å²) in [6, 6.07) is 2.51. The van der Waals surface area contributed by atoms with Gasteiger partial charge in [-0.15, -0.1) is 5.98 Å². The molecular weight excluding hydrogens is 275 g/mol. The molecule has 1 rings (SSSR count). The molecule has 0 unspecified atom stereocenters. The maximum Gasteiger partial charge on any atom is 0.502 e. The van der Waals surface area contributed by atoms with Crippen LogP contribution in [0.4, 0.5) is 17.3 Å². The second kappa shape index (κ2) is 4.39. The van der Waals surface area contributed by atoms with E-state index in [2.05, 4.69) is 15.9 Å². The highest BCUT2D eigenvalue weighted by Crippen LogP contribution is 2.23. The highest BCUT2D eigenvalue weighted by Gasteiger charge is 2.17. The molecule has 0 heterocycles.